The number of hydrogen-bond donors (Lipinski definition) is 2. The van der Waals surface area contributed by atoms with E-state index in [4.69, 9.17) is 4.74 Å². The van der Waals surface area contributed by atoms with E-state index in [9.17, 15) is 14.7 Å². The van der Waals surface area contributed by atoms with Gasteiger partial charge in [0.05, 0.1) is 0 Å². The lowest BCUT2D eigenvalue weighted by Gasteiger charge is -2.34. The number of phenolic OH excluding ortho intramolecular Hbond substituents is 1. The van der Waals surface area contributed by atoms with Crippen LogP contribution in [0.3, 0.4) is 0 Å². The Balaban J connectivity index is 1.86. The van der Waals surface area contributed by atoms with Crippen molar-refractivity contribution < 1.29 is 19.4 Å². The van der Waals surface area contributed by atoms with E-state index in [2.05, 4.69) is 19.2 Å². The molecule has 2 N–H and O–H groups in total. The normalized spacial score (nSPS) is 24.0. The minimum absolute atomic E-state index is 0.0810. The van der Waals surface area contributed by atoms with E-state index in [1.165, 1.54) is 12.5 Å². The van der Waals surface area contributed by atoms with Crippen LogP contribution in [0.4, 0.5) is 0 Å². The van der Waals surface area contributed by atoms with Gasteiger partial charge in [0.2, 0.25) is 0 Å². The van der Waals surface area contributed by atoms with Crippen LogP contribution in [0.25, 0.3) is 0 Å². The first-order valence-corrected chi connectivity index (χ1v) is 8.14. The van der Waals surface area contributed by atoms with E-state index in [0.717, 1.165) is 18.4 Å². The van der Waals surface area contributed by atoms with Crippen molar-refractivity contribution in [3.05, 3.63) is 29.3 Å². The number of benzene rings is 1. The summed E-state index contributed by atoms with van der Waals surface area (Å²) in [6, 6.07) is 4.82. The molecule has 0 aliphatic heterocycles. The third kappa shape index (κ3) is 4.47. The summed E-state index contributed by atoms with van der Waals surface area (Å²) < 4.78 is 5.02. The fraction of sp³-hybridized carbons (Fsp3) is 0.556. The molecule has 2 rings (SSSR count). The second-order valence-corrected chi connectivity index (χ2v) is 6.54. The summed E-state index contributed by atoms with van der Waals surface area (Å²) in [5.74, 6) is -0.122. The fourth-order valence-corrected chi connectivity index (χ4v) is 3.06. The smallest absolute Gasteiger partial charge is 0.342 e. The topological polar surface area (TPSA) is 75.6 Å². The van der Waals surface area contributed by atoms with Crippen molar-refractivity contribution in [2.75, 3.05) is 6.61 Å². The van der Waals surface area contributed by atoms with Crippen molar-refractivity contribution in [1.29, 1.82) is 0 Å². The highest BCUT2D eigenvalue weighted by Gasteiger charge is 2.28. The zero-order valence-electron chi connectivity index (χ0n) is 14.0. The molecule has 1 aliphatic rings. The standard InChI is InChI=1S/C18H25NO4/c1-11-7-8-16(20)14(9-11)18(22)23-10-17(21)19-15-6-4-5-12(2)13(15)3/h7-9,12-13,15,20H,4-6,10H2,1-3H3,(H,19,21)/t12-,13-,15-/m1/s1. The number of carbonyl (C=O) groups is 2. The van der Waals surface area contributed by atoms with E-state index in [1.54, 1.807) is 12.1 Å². The van der Waals surface area contributed by atoms with Crippen LogP contribution >= 0.6 is 0 Å². The second-order valence-electron chi connectivity index (χ2n) is 6.54. The Bertz CT molecular complexity index is 584. The minimum atomic E-state index is -0.689. The largest absolute Gasteiger partial charge is 0.507 e. The monoisotopic (exact) mass is 319 g/mol. The molecule has 0 saturated heterocycles. The Morgan fingerprint density at radius 3 is 2.78 bits per heavy atom. The van der Waals surface area contributed by atoms with Crippen LogP contribution in [0.2, 0.25) is 0 Å². The van der Waals surface area contributed by atoms with Crippen LogP contribution in [0, 0.1) is 18.8 Å². The Kier molecular flexibility index (Phi) is 5.64. The number of phenols is 1. The lowest BCUT2D eigenvalue weighted by molar-refractivity contribution is -0.125. The van der Waals surface area contributed by atoms with Gasteiger partial charge in [-0.1, -0.05) is 38.3 Å². The molecular weight excluding hydrogens is 294 g/mol. The van der Waals surface area contributed by atoms with Gasteiger partial charge in [0.1, 0.15) is 11.3 Å². The Labute approximate surface area is 137 Å². The third-order valence-corrected chi connectivity index (χ3v) is 4.76. The maximum absolute atomic E-state index is 12.0. The molecule has 23 heavy (non-hydrogen) atoms. The molecule has 1 aliphatic carbocycles. The van der Waals surface area contributed by atoms with Crippen molar-refractivity contribution in [2.45, 2.75) is 46.1 Å². The van der Waals surface area contributed by atoms with Gasteiger partial charge in [0, 0.05) is 6.04 Å². The van der Waals surface area contributed by atoms with Crippen LogP contribution in [0.5, 0.6) is 5.75 Å². The zero-order valence-corrected chi connectivity index (χ0v) is 14.0. The van der Waals surface area contributed by atoms with Gasteiger partial charge in [-0.3, -0.25) is 4.79 Å². The van der Waals surface area contributed by atoms with Crippen molar-refractivity contribution in [1.82, 2.24) is 5.32 Å². The molecule has 1 aromatic rings. The highest BCUT2D eigenvalue weighted by Crippen LogP contribution is 2.29. The van der Waals surface area contributed by atoms with Gasteiger partial charge in [-0.25, -0.2) is 4.79 Å². The van der Waals surface area contributed by atoms with Gasteiger partial charge in [-0.2, -0.15) is 0 Å². The number of amides is 1. The molecule has 126 valence electrons. The van der Waals surface area contributed by atoms with Gasteiger partial charge in [-0.05, 0) is 37.3 Å². The summed E-state index contributed by atoms with van der Waals surface area (Å²) in [5, 5.41) is 12.6. The fourth-order valence-electron chi connectivity index (χ4n) is 3.06. The first kappa shape index (κ1) is 17.3. The Morgan fingerprint density at radius 1 is 1.30 bits per heavy atom. The maximum Gasteiger partial charge on any atom is 0.342 e. The van der Waals surface area contributed by atoms with Gasteiger partial charge in [0.15, 0.2) is 6.61 Å². The Hall–Kier alpha value is -2.04. The molecule has 1 aromatic carbocycles. The minimum Gasteiger partial charge on any atom is -0.507 e. The van der Waals surface area contributed by atoms with E-state index < -0.39 is 5.97 Å². The number of ether oxygens (including phenoxy) is 1. The number of hydrogen-bond acceptors (Lipinski definition) is 4. The van der Waals surface area contributed by atoms with Crippen molar-refractivity contribution in [3.8, 4) is 5.75 Å². The van der Waals surface area contributed by atoms with E-state index in [-0.39, 0.29) is 29.9 Å². The molecule has 1 saturated carbocycles. The van der Waals surface area contributed by atoms with Crippen molar-refractivity contribution in [2.24, 2.45) is 11.8 Å². The number of esters is 1. The van der Waals surface area contributed by atoms with E-state index in [1.807, 2.05) is 6.92 Å². The SMILES string of the molecule is Cc1ccc(O)c(C(=O)OCC(=O)N[C@@H]2CCC[C@@H](C)[C@H]2C)c1. The molecule has 0 heterocycles. The number of aromatic hydroxyl groups is 1. The molecule has 5 nitrogen and oxygen atoms in total. The highest BCUT2D eigenvalue weighted by molar-refractivity contribution is 5.94. The van der Waals surface area contributed by atoms with Gasteiger partial charge >= 0.3 is 5.97 Å². The average molecular weight is 319 g/mol. The molecule has 0 bridgehead atoms. The first-order chi connectivity index (χ1) is 10.9. The second kappa shape index (κ2) is 7.49. The molecule has 0 radical (unpaired) electrons. The van der Waals surface area contributed by atoms with Crippen LogP contribution in [0.15, 0.2) is 18.2 Å². The van der Waals surface area contributed by atoms with Crippen LogP contribution in [0.1, 0.15) is 49.0 Å². The molecule has 3 atom stereocenters. The van der Waals surface area contributed by atoms with Crippen LogP contribution < -0.4 is 5.32 Å². The molecule has 5 heteroatoms. The molecule has 0 aromatic heterocycles. The summed E-state index contributed by atoms with van der Waals surface area (Å²) in [4.78, 5) is 24.0. The molecule has 1 fully saturated rings. The third-order valence-electron chi connectivity index (χ3n) is 4.76. The Morgan fingerprint density at radius 2 is 2.04 bits per heavy atom. The predicted molar refractivity (Wildman–Crippen MR) is 87.2 cm³/mol. The van der Waals surface area contributed by atoms with Crippen LogP contribution in [-0.4, -0.2) is 29.6 Å². The van der Waals surface area contributed by atoms with E-state index in [0.29, 0.717) is 11.8 Å². The number of rotatable bonds is 4. The summed E-state index contributed by atoms with van der Waals surface area (Å²) in [6.45, 7) is 5.83. The number of carbonyl (C=O) groups excluding carboxylic acids is 2. The lowest BCUT2D eigenvalue weighted by Crippen LogP contribution is -2.45. The van der Waals surface area contributed by atoms with Crippen LogP contribution in [-0.2, 0) is 9.53 Å². The summed E-state index contributed by atoms with van der Waals surface area (Å²) in [7, 11) is 0. The molecule has 0 spiro atoms. The summed E-state index contributed by atoms with van der Waals surface area (Å²) in [6.07, 6.45) is 3.26. The molecule has 0 unspecified atom stereocenters. The van der Waals surface area contributed by atoms with Gasteiger partial charge in [-0.15, -0.1) is 0 Å². The average Bonchev–Trinajstić information content (AvgIpc) is 2.52. The molecule has 1 amide bonds. The number of nitrogens with one attached hydrogen (secondary N) is 1. The number of aryl methyl sites for hydroxylation is 1. The van der Waals surface area contributed by atoms with E-state index >= 15 is 0 Å². The van der Waals surface area contributed by atoms with Crippen molar-refractivity contribution in [3.63, 3.8) is 0 Å². The zero-order chi connectivity index (χ0) is 17.0. The highest BCUT2D eigenvalue weighted by atomic mass is 16.5. The van der Waals surface area contributed by atoms with Gasteiger partial charge in [0.25, 0.3) is 5.91 Å². The lowest BCUT2D eigenvalue weighted by atomic mass is 9.78. The van der Waals surface area contributed by atoms with Crippen molar-refractivity contribution >= 4 is 11.9 Å². The first-order valence-electron chi connectivity index (χ1n) is 8.14. The summed E-state index contributed by atoms with van der Waals surface area (Å²) >= 11 is 0. The van der Waals surface area contributed by atoms with Gasteiger partial charge < -0.3 is 15.2 Å². The maximum atomic E-state index is 12.0. The predicted octanol–water partition coefficient (Wildman–Crippen LogP) is 2.80. The summed E-state index contributed by atoms with van der Waals surface area (Å²) in [5.41, 5.74) is 0.918. The quantitative estimate of drug-likeness (QED) is 0.837. The molecular formula is C18H25NO4.